The van der Waals surface area contributed by atoms with Crippen LogP contribution in [-0.4, -0.2) is 42.2 Å². The van der Waals surface area contributed by atoms with Gasteiger partial charge in [0, 0.05) is 17.8 Å². The van der Waals surface area contributed by atoms with E-state index in [0.717, 1.165) is 6.07 Å². The molecule has 0 amide bonds. The number of hydrogen-bond acceptors (Lipinski definition) is 6. The van der Waals surface area contributed by atoms with Gasteiger partial charge in [-0.1, -0.05) is 26.1 Å². The van der Waals surface area contributed by atoms with E-state index in [-0.39, 0.29) is 29.5 Å². The second-order valence-electron chi connectivity index (χ2n) is 7.25. The van der Waals surface area contributed by atoms with Gasteiger partial charge in [0.1, 0.15) is 22.3 Å². The van der Waals surface area contributed by atoms with Crippen molar-refractivity contribution in [2.75, 3.05) is 19.8 Å². The molecular formula is C24H32F4N3O3PS. The molecule has 0 aliphatic rings. The molecule has 0 radical (unpaired) electrons. The number of hydrazone groups is 1. The monoisotopic (exact) mass is 549 g/mol. The molecule has 36 heavy (non-hydrogen) atoms. The van der Waals surface area contributed by atoms with Crippen molar-refractivity contribution in [1.82, 2.24) is 5.43 Å². The van der Waals surface area contributed by atoms with E-state index in [1.165, 1.54) is 30.5 Å². The van der Waals surface area contributed by atoms with Gasteiger partial charge in [0.05, 0.1) is 31.4 Å². The molecule has 0 aliphatic carbocycles. The molecule has 2 aromatic rings. The van der Waals surface area contributed by atoms with E-state index in [4.69, 9.17) is 32.5 Å². The number of nitrogens with zero attached hydrogens (tertiary/aromatic N) is 1. The summed E-state index contributed by atoms with van der Waals surface area (Å²) in [5, 5.41) is 13.2. The van der Waals surface area contributed by atoms with Crippen LogP contribution in [0, 0.1) is 5.82 Å². The molecular weight excluding hydrogens is 517 g/mol. The van der Waals surface area contributed by atoms with Crippen molar-refractivity contribution in [1.29, 1.82) is 0 Å². The maximum Gasteiger partial charge on any atom is 0.419 e. The second-order valence-corrected chi connectivity index (χ2v) is 8.33. The largest absolute Gasteiger partial charge is 0.493 e. The number of aliphatic hydroxyl groups excluding tert-OH is 1. The Bertz CT molecular complexity index is 973. The SMILES string of the molecule is CC.NC(/C=N/NC(=S)c1ccc(OCCCCCOc2cc(F)cc(P)c2)c(C(F)(F)F)c1)CO. The number of nitrogens with one attached hydrogen (secondary N) is 1. The molecule has 0 saturated carbocycles. The number of hydrogen-bond donors (Lipinski definition) is 3. The first-order valence-electron chi connectivity index (χ1n) is 11.3. The number of nitrogens with two attached hydrogens (primary N) is 1. The van der Waals surface area contributed by atoms with Crippen molar-refractivity contribution in [3.63, 3.8) is 0 Å². The van der Waals surface area contributed by atoms with E-state index in [9.17, 15) is 17.6 Å². The fourth-order valence-electron chi connectivity index (χ4n) is 2.74. The molecule has 200 valence electrons. The normalized spacial score (nSPS) is 12.0. The van der Waals surface area contributed by atoms with E-state index in [1.807, 2.05) is 13.8 Å². The molecule has 0 spiro atoms. The van der Waals surface area contributed by atoms with Gasteiger partial charge in [-0.2, -0.15) is 18.3 Å². The first kappa shape index (κ1) is 31.7. The topological polar surface area (TPSA) is 89.1 Å². The first-order valence-corrected chi connectivity index (χ1v) is 12.3. The Kier molecular flexibility index (Phi) is 14.5. The summed E-state index contributed by atoms with van der Waals surface area (Å²) >= 11 is 5.06. The molecule has 2 unspecified atom stereocenters. The van der Waals surface area contributed by atoms with E-state index >= 15 is 0 Å². The average Bonchev–Trinajstić information content (AvgIpc) is 2.83. The highest BCUT2D eigenvalue weighted by Crippen LogP contribution is 2.37. The first-order chi connectivity index (χ1) is 17.1. The third-order valence-electron chi connectivity index (χ3n) is 4.40. The van der Waals surface area contributed by atoms with Crippen LogP contribution in [0.5, 0.6) is 11.5 Å². The van der Waals surface area contributed by atoms with Crippen molar-refractivity contribution in [3.05, 3.63) is 53.3 Å². The Labute approximate surface area is 216 Å². The van der Waals surface area contributed by atoms with Gasteiger partial charge in [-0.3, -0.25) is 5.43 Å². The third kappa shape index (κ3) is 11.6. The Morgan fingerprint density at radius 2 is 1.81 bits per heavy atom. The van der Waals surface area contributed by atoms with Gasteiger partial charge in [-0.25, -0.2) is 4.39 Å². The van der Waals surface area contributed by atoms with Crippen LogP contribution in [0.4, 0.5) is 17.6 Å². The smallest absolute Gasteiger partial charge is 0.419 e. The molecule has 0 heterocycles. The Morgan fingerprint density at radius 1 is 1.14 bits per heavy atom. The van der Waals surface area contributed by atoms with Gasteiger partial charge in [0.2, 0.25) is 0 Å². The lowest BCUT2D eigenvalue weighted by Gasteiger charge is -2.16. The summed E-state index contributed by atoms with van der Waals surface area (Å²) in [7, 11) is 2.40. The van der Waals surface area contributed by atoms with E-state index in [2.05, 4.69) is 19.8 Å². The molecule has 0 fully saturated rings. The molecule has 12 heteroatoms. The van der Waals surface area contributed by atoms with Crippen LogP contribution in [0.1, 0.15) is 44.2 Å². The number of unbranched alkanes of at least 4 members (excludes halogenated alkanes) is 2. The zero-order valence-electron chi connectivity index (χ0n) is 20.1. The Morgan fingerprint density at radius 3 is 2.42 bits per heavy atom. The third-order valence-corrected chi connectivity index (χ3v) is 5.06. The molecule has 0 aliphatic heterocycles. The molecule has 0 aromatic heterocycles. The van der Waals surface area contributed by atoms with E-state index in [0.29, 0.717) is 36.9 Å². The number of rotatable bonds is 12. The van der Waals surface area contributed by atoms with Crippen molar-refractivity contribution in [3.8, 4) is 11.5 Å². The lowest BCUT2D eigenvalue weighted by molar-refractivity contribution is -0.139. The molecule has 2 atom stereocenters. The highest BCUT2D eigenvalue weighted by atomic mass is 32.1. The standard InChI is InChI=1S/C22H26F4N3O3PS.C2H6/c23-15-9-17(11-18(33)10-15)31-6-2-1-3-7-32-20-5-4-14(8-19(20)22(24,25)26)21(34)29-28-12-16(27)13-30;1-2/h4-5,8-12,16,30H,1-3,6-7,13,27,33H2,(H,29,34);1-2H3/b28-12+;. The fourth-order valence-corrected chi connectivity index (χ4v) is 3.25. The Balaban J connectivity index is 0.00000316. The van der Waals surface area contributed by atoms with Crippen LogP contribution in [0.25, 0.3) is 0 Å². The predicted molar refractivity (Wildman–Crippen MR) is 142 cm³/mol. The molecule has 2 aromatic carbocycles. The van der Waals surface area contributed by atoms with Gasteiger partial charge in [-0.05, 0) is 54.9 Å². The Hall–Kier alpha value is -2.33. The molecule has 6 nitrogen and oxygen atoms in total. The second kappa shape index (κ2) is 16.4. The molecule has 2 rings (SSSR count). The van der Waals surface area contributed by atoms with Gasteiger partial charge in [0.25, 0.3) is 0 Å². The summed E-state index contributed by atoms with van der Waals surface area (Å²) < 4.78 is 64.8. The summed E-state index contributed by atoms with van der Waals surface area (Å²) in [6.07, 6.45) is -1.64. The number of halogens is 4. The van der Waals surface area contributed by atoms with Crippen LogP contribution < -0.4 is 25.9 Å². The lowest BCUT2D eigenvalue weighted by atomic mass is 10.1. The zero-order valence-corrected chi connectivity index (χ0v) is 22.1. The van der Waals surface area contributed by atoms with Crippen molar-refractivity contribution < 1.29 is 32.1 Å². The van der Waals surface area contributed by atoms with E-state index in [1.54, 1.807) is 6.07 Å². The number of aliphatic hydroxyl groups is 1. The van der Waals surface area contributed by atoms with Gasteiger partial charge in [0.15, 0.2) is 0 Å². The number of alkyl halides is 3. The van der Waals surface area contributed by atoms with Gasteiger partial charge >= 0.3 is 6.18 Å². The minimum absolute atomic E-state index is 0.0366. The van der Waals surface area contributed by atoms with Crippen LogP contribution in [0.3, 0.4) is 0 Å². The van der Waals surface area contributed by atoms with E-state index < -0.39 is 23.6 Å². The number of ether oxygens (including phenoxy) is 2. The average molecular weight is 550 g/mol. The van der Waals surface area contributed by atoms with Crippen molar-refractivity contribution in [2.45, 2.75) is 45.3 Å². The quantitative estimate of drug-likeness (QED) is 0.0898. The van der Waals surface area contributed by atoms with Crippen LogP contribution in [0.15, 0.2) is 41.5 Å². The van der Waals surface area contributed by atoms with Crippen molar-refractivity contribution >= 4 is 38.0 Å². The maximum atomic E-state index is 13.5. The molecule has 0 saturated heterocycles. The van der Waals surface area contributed by atoms with Crippen LogP contribution in [0.2, 0.25) is 0 Å². The highest BCUT2D eigenvalue weighted by Gasteiger charge is 2.35. The maximum absolute atomic E-state index is 13.5. The minimum atomic E-state index is -4.64. The number of thiocarbonyl (C=S) groups is 1. The summed E-state index contributed by atoms with van der Waals surface area (Å²) in [5.41, 5.74) is 7.02. The zero-order chi connectivity index (χ0) is 27.1. The van der Waals surface area contributed by atoms with Gasteiger partial charge < -0.3 is 20.3 Å². The summed E-state index contributed by atoms with van der Waals surface area (Å²) in [4.78, 5) is -0.0366. The minimum Gasteiger partial charge on any atom is -0.493 e. The molecule has 0 bridgehead atoms. The molecule has 4 N–H and O–H groups in total. The number of benzene rings is 2. The summed E-state index contributed by atoms with van der Waals surface area (Å²) in [5.74, 6) is -0.267. The summed E-state index contributed by atoms with van der Waals surface area (Å²) in [6, 6.07) is 7.13. The van der Waals surface area contributed by atoms with Crippen molar-refractivity contribution in [2.24, 2.45) is 10.8 Å². The lowest BCUT2D eigenvalue weighted by Crippen LogP contribution is -2.28. The fraction of sp³-hybridized carbons (Fsp3) is 0.417. The highest BCUT2D eigenvalue weighted by molar-refractivity contribution is 7.80. The van der Waals surface area contributed by atoms with Crippen LogP contribution >= 0.6 is 21.5 Å². The summed E-state index contributed by atoms with van der Waals surface area (Å²) in [6.45, 7) is 4.11. The predicted octanol–water partition coefficient (Wildman–Crippen LogP) is 4.57. The van der Waals surface area contributed by atoms with Gasteiger partial charge in [-0.15, -0.1) is 9.24 Å². The van der Waals surface area contributed by atoms with Crippen LogP contribution in [-0.2, 0) is 6.18 Å².